The van der Waals surface area contributed by atoms with Gasteiger partial charge < -0.3 is 0 Å². The average Bonchev–Trinajstić information content (AvgIpc) is 3.73. The van der Waals surface area contributed by atoms with Crippen LogP contribution < -0.4 is 11.0 Å². The van der Waals surface area contributed by atoms with E-state index in [1.807, 2.05) is 0 Å². The fourth-order valence-corrected chi connectivity index (χ4v) is 10.4. The van der Waals surface area contributed by atoms with Crippen molar-refractivity contribution in [3.63, 3.8) is 0 Å². The molecule has 6 aliphatic heterocycles. The van der Waals surface area contributed by atoms with Gasteiger partial charge in [-0.05, 0) is 45.8 Å². The first-order valence-corrected chi connectivity index (χ1v) is 15.2. The van der Waals surface area contributed by atoms with Gasteiger partial charge in [0, 0.05) is 5.39 Å². The molecule has 0 aliphatic carbocycles. The second-order valence-electron chi connectivity index (χ2n) is 9.63. The summed E-state index contributed by atoms with van der Waals surface area (Å²) in [6, 6.07) is 8.76. The Kier molecular flexibility index (Phi) is 2.43. The Balaban J connectivity index is 1.47. The number of rotatable bonds is 0. The highest BCUT2D eigenvalue weighted by Crippen LogP contribution is 2.53. The molecule has 0 amide bonds. The van der Waals surface area contributed by atoms with Gasteiger partial charge in [-0.25, -0.2) is 14.1 Å². The summed E-state index contributed by atoms with van der Waals surface area (Å²) in [5.74, 6) is 4.92. The summed E-state index contributed by atoms with van der Waals surface area (Å²) in [5.41, 5.74) is 4.20. The molecule has 8 nitrogen and oxygen atoms in total. The van der Waals surface area contributed by atoms with E-state index >= 15 is 0 Å². The standard InChI is InChI=1S/C25H8N8S4/c1-5-34-13-9(1)17-26-22-14-10(2-6-35-14)19-28-24-16-12(4-8-37-16)20-29-23-15-11(3-7-36-15)18-27-21(13)30(17)25(31(19)22,32(18)23)33(20)24/h1-8H/q+2/t25-. The first-order valence-electron chi connectivity index (χ1n) is 11.7. The van der Waals surface area contributed by atoms with Gasteiger partial charge in [0.05, 0.1) is 25.9 Å². The average molecular weight is 549 g/mol. The zero-order chi connectivity index (χ0) is 23.4. The molecule has 0 aromatic carbocycles. The quantitative estimate of drug-likeness (QED) is 0.258. The van der Waals surface area contributed by atoms with Crippen LogP contribution in [0.2, 0.25) is 0 Å². The number of aromatic nitrogens is 2. The van der Waals surface area contributed by atoms with Crippen LogP contribution in [0.1, 0.15) is 20.9 Å². The van der Waals surface area contributed by atoms with Crippen molar-refractivity contribution in [1.29, 1.82) is 0 Å². The van der Waals surface area contributed by atoms with Gasteiger partial charge in [-0.1, -0.05) is 15.0 Å². The Labute approximate surface area is 221 Å². The van der Waals surface area contributed by atoms with Crippen molar-refractivity contribution in [2.45, 2.75) is 5.91 Å². The Morgan fingerprint density at radius 2 is 1.27 bits per heavy atom. The minimum atomic E-state index is -0.813. The molecule has 6 aliphatic rings. The van der Waals surface area contributed by atoms with Crippen molar-refractivity contribution in [2.75, 3.05) is 0 Å². The third-order valence-electron chi connectivity index (χ3n) is 8.18. The summed E-state index contributed by atoms with van der Waals surface area (Å²) >= 11 is 6.94. The van der Waals surface area contributed by atoms with Crippen molar-refractivity contribution < 1.29 is 9.15 Å². The predicted octanol–water partition coefficient (Wildman–Crippen LogP) is 3.95. The van der Waals surface area contributed by atoms with Gasteiger partial charge in [-0.3, -0.25) is 0 Å². The summed E-state index contributed by atoms with van der Waals surface area (Å²) in [6.07, 6.45) is 0. The van der Waals surface area contributed by atoms with Crippen LogP contribution in [0, 0.1) is 0 Å². The lowest BCUT2D eigenvalue weighted by atomic mass is 10.2. The lowest BCUT2D eigenvalue weighted by Crippen LogP contribution is -2.71. The highest BCUT2D eigenvalue weighted by atomic mass is 32.1. The molecular weight excluding hydrogens is 541 g/mol. The largest absolute Gasteiger partial charge is 0.402 e. The molecule has 6 aromatic heterocycles. The Morgan fingerprint density at radius 1 is 0.595 bits per heavy atom. The van der Waals surface area contributed by atoms with Crippen LogP contribution in [0.5, 0.6) is 0 Å². The minimum absolute atomic E-state index is 0.813. The SMILES string of the molecule is c1cc2c(s1)C1=Nc3c4ccsc4c4n3[C@@]35n6c(c7ccsc7c6=NC6=[N+]3C(=NC2=[N+]15)c1sccc16)=N4. The first kappa shape index (κ1) is 17.6. The van der Waals surface area contributed by atoms with Crippen molar-refractivity contribution in [3.8, 4) is 0 Å². The van der Waals surface area contributed by atoms with E-state index in [1.165, 1.54) is 19.2 Å². The summed E-state index contributed by atoms with van der Waals surface area (Å²) in [6.45, 7) is 0. The molecule has 12 heteroatoms. The molecule has 170 valence electrons. The van der Waals surface area contributed by atoms with Crippen LogP contribution in [0.3, 0.4) is 0 Å². The second-order valence-corrected chi connectivity index (χ2v) is 13.3. The summed E-state index contributed by atoms with van der Waals surface area (Å²) in [7, 11) is 0. The molecular formula is C25H8N8S4+2. The van der Waals surface area contributed by atoms with Gasteiger partial charge in [-0.15, -0.1) is 54.5 Å². The zero-order valence-corrected chi connectivity index (χ0v) is 21.6. The molecule has 1 atom stereocenters. The molecule has 0 radical (unpaired) electrons. The number of hydrogen-bond donors (Lipinski definition) is 0. The van der Waals surface area contributed by atoms with E-state index in [1.54, 1.807) is 45.3 Å². The molecule has 37 heavy (non-hydrogen) atoms. The molecule has 0 bridgehead atoms. The molecule has 0 fully saturated rings. The van der Waals surface area contributed by atoms with Crippen LogP contribution in [0.25, 0.3) is 20.2 Å². The van der Waals surface area contributed by atoms with E-state index in [-0.39, 0.29) is 0 Å². The summed E-state index contributed by atoms with van der Waals surface area (Å²) in [5, 5.41) is 10.9. The molecule has 1 spiro atoms. The fourth-order valence-electron chi connectivity index (χ4n) is 6.91. The maximum Gasteiger partial charge on any atom is 0.402 e. The van der Waals surface area contributed by atoms with Crippen molar-refractivity contribution in [1.82, 2.24) is 9.13 Å². The third kappa shape index (κ3) is 1.49. The number of amidine groups is 4. The lowest BCUT2D eigenvalue weighted by molar-refractivity contribution is -0.791. The lowest BCUT2D eigenvalue weighted by Gasteiger charge is -2.41. The van der Waals surface area contributed by atoms with Crippen LogP contribution in [0.15, 0.2) is 65.8 Å². The molecule has 0 saturated carbocycles. The van der Waals surface area contributed by atoms with Crippen molar-refractivity contribution in [2.24, 2.45) is 20.0 Å². The van der Waals surface area contributed by atoms with Gasteiger partial charge in [-0.2, -0.15) is 0 Å². The van der Waals surface area contributed by atoms with E-state index in [9.17, 15) is 0 Å². The first-order chi connectivity index (χ1) is 18.4. The van der Waals surface area contributed by atoms with Gasteiger partial charge >= 0.3 is 5.91 Å². The molecule has 0 saturated heterocycles. The highest BCUT2D eigenvalue weighted by Gasteiger charge is 2.69. The molecule has 0 N–H and O–H groups in total. The van der Waals surface area contributed by atoms with E-state index in [0.717, 1.165) is 67.9 Å². The number of aliphatic imine (C=N–C) groups is 2. The molecule has 12 rings (SSSR count). The molecule has 12 heterocycles. The van der Waals surface area contributed by atoms with Gasteiger partial charge in [0.1, 0.15) is 9.75 Å². The monoisotopic (exact) mass is 548 g/mol. The smallest absolute Gasteiger partial charge is 0.210 e. The van der Waals surface area contributed by atoms with Crippen LogP contribution in [-0.2, 0) is 5.91 Å². The fraction of sp³-hybridized carbons (Fsp3) is 0.0400. The van der Waals surface area contributed by atoms with Crippen LogP contribution in [0.4, 0.5) is 11.6 Å². The Hall–Kier alpha value is -3.84. The van der Waals surface area contributed by atoms with E-state index in [4.69, 9.17) is 20.0 Å². The van der Waals surface area contributed by atoms with Crippen LogP contribution in [-0.4, -0.2) is 41.6 Å². The number of thiophene rings is 4. The number of hydrogen-bond acceptors (Lipinski definition) is 8. The van der Waals surface area contributed by atoms with E-state index < -0.39 is 5.91 Å². The molecule has 6 aromatic rings. The Bertz CT molecular complexity index is 2480. The zero-order valence-electron chi connectivity index (χ0n) is 18.3. The van der Waals surface area contributed by atoms with E-state index in [0.29, 0.717) is 0 Å². The topological polar surface area (TPSA) is 65.3 Å². The maximum absolute atomic E-state index is 5.36. The minimum Gasteiger partial charge on any atom is -0.210 e. The summed E-state index contributed by atoms with van der Waals surface area (Å²) in [4.78, 5) is 23.8. The van der Waals surface area contributed by atoms with Crippen molar-refractivity contribution >= 4 is 100 Å². The highest BCUT2D eigenvalue weighted by molar-refractivity contribution is 7.18. The van der Waals surface area contributed by atoms with Crippen molar-refractivity contribution in [3.05, 3.63) is 77.6 Å². The molecule has 0 unspecified atom stereocenters. The Morgan fingerprint density at radius 3 is 2.08 bits per heavy atom. The summed E-state index contributed by atoms with van der Waals surface area (Å²) < 4.78 is 11.8. The van der Waals surface area contributed by atoms with Gasteiger partial charge in [0.25, 0.3) is 23.3 Å². The second kappa shape index (κ2) is 5.11. The predicted molar refractivity (Wildman–Crippen MR) is 145 cm³/mol. The van der Waals surface area contributed by atoms with Gasteiger partial charge in [0.15, 0.2) is 11.3 Å². The van der Waals surface area contributed by atoms with E-state index in [2.05, 4.69) is 64.1 Å². The maximum atomic E-state index is 5.36. The van der Waals surface area contributed by atoms with Crippen LogP contribution >= 0.6 is 45.3 Å². The number of fused-ring (bicyclic) bond motifs is 12. The third-order valence-corrected chi connectivity index (χ3v) is 11.8. The number of nitrogens with zero attached hydrogens (tertiary/aromatic N) is 8. The van der Waals surface area contributed by atoms with Gasteiger partial charge in [0.2, 0.25) is 11.3 Å². The normalized spacial score (nSPS) is 22.2.